The van der Waals surface area contributed by atoms with Crippen LogP contribution < -0.4 is 5.32 Å². The number of rotatable bonds is 10. The molecule has 2 aromatic carbocycles. The molecule has 0 bridgehead atoms. The van der Waals surface area contributed by atoms with Gasteiger partial charge >= 0.3 is 0 Å². The Balaban J connectivity index is 1.64. The maximum absolute atomic E-state index is 13.5. The van der Waals surface area contributed by atoms with Crippen molar-refractivity contribution in [2.75, 3.05) is 6.61 Å². The number of fused-ring (bicyclic) bond motifs is 1. The lowest BCUT2D eigenvalue weighted by molar-refractivity contribution is 0.0855. The molecule has 0 spiro atoms. The lowest BCUT2D eigenvalue weighted by Crippen LogP contribution is -2.47. The predicted octanol–water partition coefficient (Wildman–Crippen LogP) is 4.46. The number of imidazole rings is 1. The Morgan fingerprint density at radius 2 is 1.92 bits per heavy atom. The number of aromatic amines is 1. The second-order valence-corrected chi connectivity index (χ2v) is 10.8. The summed E-state index contributed by atoms with van der Waals surface area (Å²) in [7, 11) is 0. The van der Waals surface area contributed by atoms with Gasteiger partial charge in [0.25, 0.3) is 5.91 Å². The zero-order valence-corrected chi connectivity index (χ0v) is 22.6. The number of nitrogens with zero attached hydrogens (tertiary/aromatic N) is 5. The maximum atomic E-state index is 13.5. The van der Waals surface area contributed by atoms with Gasteiger partial charge in [-0.15, -0.1) is 10.2 Å². The largest absolute Gasteiger partial charge is 0.394 e. The maximum Gasteiger partial charge on any atom is 0.287 e. The third-order valence-corrected chi connectivity index (χ3v) is 7.47. The summed E-state index contributed by atoms with van der Waals surface area (Å²) < 4.78 is 1.97. The van der Waals surface area contributed by atoms with Crippen LogP contribution in [0.15, 0.2) is 78.4 Å². The van der Waals surface area contributed by atoms with Crippen LogP contribution >= 0.6 is 0 Å². The normalized spacial score (nSPS) is 19.3. The molecule has 1 aliphatic rings. The van der Waals surface area contributed by atoms with Crippen LogP contribution in [0.2, 0.25) is 0 Å². The van der Waals surface area contributed by atoms with Crippen LogP contribution in [0.1, 0.15) is 68.0 Å². The van der Waals surface area contributed by atoms with E-state index in [2.05, 4.69) is 75.4 Å². The summed E-state index contributed by atoms with van der Waals surface area (Å²) in [6, 6.07) is 18.2. The average molecular weight is 526 g/mol. The van der Waals surface area contributed by atoms with Gasteiger partial charge in [-0.3, -0.25) is 4.79 Å². The number of hydrogen-bond donors (Lipinski definition) is 3. The van der Waals surface area contributed by atoms with Gasteiger partial charge in [-0.1, -0.05) is 85.7 Å². The number of hydrogen-bond acceptors (Lipinski definition) is 6. The van der Waals surface area contributed by atoms with Gasteiger partial charge in [0, 0.05) is 12.5 Å². The highest BCUT2D eigenvalue weighted by molar-refractivity contribution is 5.95. The number of aliphatic hydroxyl groups is 1. The van der Waals surface area contributed by atoms with Crippen molar-refractivity contribution in [3.05, 3.63) is 95.6 Å². The van der Waals surface area contributed by atoms with Crippen molar-refractivity contribution in [1.29, 1.82) is 0 Å². The number of para-hydroxylation sites is 2. The molecule has 1 aliphatic carbocycles. The van der Waals surface area contributed by atoms with Crippen LogP contribution in [0.4, 0.5) is 0 Å². The molecule has 2 atom stereocenters. The molecular weight excluding hydrogens is 490 g/mol. The molecule has 0 saturated carbocycles. The fourth-order valence-corrected chi connectivity index (χ4v) is 5.53. The Morgan fingerprint density at radius 1 is 1.15 bits per heavy atom. The van der Waals surface area contributed by atoms with Crippen LogP contribution in [0.3, 0.4) is 0 Å². The third kappa shape index (κ3) is 5.14. The van der Waals surface area contributed by atoms with E-state index >= 15 is 0 Å². The SMILES string of the molecule is CCCCC1(c2nn[nH]n2)C=CC=C(Cn2c(C(=O)NC(C)(C)CO)nc3ccccc32)C1c1ccccc1. The van der Waals surface area contributed by atoms with Gasteiger partial charge in [0.05, 0.1) is 28.6 Å². The van der Waals surface area contributed by atoms with Gasteiger partial charge in [0.15, 0.2) is 11.6 Å². The summed E-state index contributed by atoms with van der Waals surface area (Å²) in [5, 5.41) is 28.2. The van der Waals surface area contributed by atoms with Gasteiger partial charge in [-0.25, -0.2) is 4.98 Å². The van der Waals surface area contributed by atoms with E-state index in [0.717, 1.165) is 41.4 Å². The van der Waals surface area contributed by atoms with Crippen LogP contribution in [0.25, 0.3) is 11.0 Å². The molecule has 0 saturated heterocycles. The number of aromatic nitrogens is 6. The first-order valence-electron chi connectivity index (χ1n) is 13.4. The Hall–Kier alpha value is -4.11. The summed E-state index contributed by atoms with van der Waals surface area (Å²) in [6.07, 6.45) is 9.29. The molecule has 0 radical (unpaired) electrons. The average Bonchev–Trinajstić information content (AvgIpc) is 3.62. The molecule has 2 unspecified atom stereocenters. The molecule has 4 aromatic rings. The highest BCUT2D eigenvalue weighted by Crippen LogP contribution is 2.49. The number of unbranched alkanes of at least 4 members (excludes halogenated alkanes) is 1. The first-order chi connectivity index (χ1) is 18.9. The highest BCUT2D eigenvalue weighted by Gasteiger charge is 2.45. The van der Waals surface area contributed by atoms with Crippen molar-refractivity contribution in [3.63, 3.8) is 0 Å². The van der Waals surface area contributed by atoms with E-state index in [9.17, 15) is 9.90 Å². The molecule has 39 heavy (non-hydrogen) atoms. The Morgan fingerprint density at radius 3 is 2.64 bits per heavy atom. The third-order valence-electron chi connectivity index (χ3n) is 7.47. The fourth-order valence-electron chi connectivity index (χ4n) is 5.53. The molecule has 0 fully saturated rings. The van der Waals surface area contributed by atoms with E-state index in [4.69, 9.17) is 4.98 Å². The van der Waals surface area contributed by atoms with Crippen LogP contribution in [-0.2, 0) is 12.0 Å². The summed E-state index contributed by atoms with van der Waals surface area (Å²) in [5.41, 5.74) is 2.57. The van der Waals surface area contributed by atoms with Gasteiger partial charge in [0.1, 0.15) is 0 Å². The van der Waals surface area contributed by atoms with Crippen molar-refractivity contribution in [2.24, 2.45) is 0 Å². The van der Waals surface area contributed by atoms with Crippen molar-refractivity contribution in [1.82, 2.24) is 35.5 Å². The van der Waals surface area contributed by atoms with Crippen molar-refractivity contribution < 1.29 is 9.90 Å². The number of tetrazole rings is 1. The minimum Gasteiger partial charge on any atom is -0.394 e. The molecule has 202 valence electrons. The first kappa shape index (κ1) is 26.5. The summed E-state index contributed by atoms with van der Waals surface area (Å²) in [4.78, 5) is 18.2. The second-order valence-electron chi connectivity index (χ2n) is 10.8. The number of amides is 1. The van der Waals surface area contributed by atoms with Crippen LogP contribution in [0.5, 0.6) is 0 Å². The smallest absolute Gasteiger partial charge is 0.287 e. The highest BCUT2D eigenvalue weighted by atomic mass is 16.3. The van der Waals surface area contributed by atoms with Crippen molar-refractivity contribution >= 4 is 16.9 Å². The van der Waals surface area contributed by atoms with Gasteiger partial charge in [-0.2, -0.15) is 5.21 Å². The number of aliphatic hydroxyl groups excluding tert-OH is 1. The van der Waals surface area contributed by atoms with E-state index < -0.39 is 11.0 Å². The topological polar surface area (TPSA) is 122 Å². The summed E-state index contributed by atoms with van der Waals surface area (Å²) in [6.45, 7) is 6.00. The fraction of sp³-hybridized carbons (Fsp3) is 0.367. The number of H-pyrrole nitrogens is 1. The zero-order chi connectivity index (χ0) is 27.5. The Labute approximate surface area is 228 Å². The van der Waals surface area contributed by atoms with Gasteiger partial charge in [-0.05, 0) is 43.5 Å². The predicted molar refractivity (Wildman–Crippen MR) is 150 cm³/mol. The number of carbonyl (C=O) groups is 1. The molecule has 9 heteroatoms. The lowest BCUT2D eigenvalue weighted by Gasteiger charge is -2.40. The van der Waals surface area contributed by atoms with Crippen molar-refractivity contribution in [2.45, 2.75) is 63.5 Å². The molecule has 1 amide bonds. The standard InChI is InChI=1S/C30H35N7O2/c1-4-5-17-30(28-33-35-36-34-28)18-11-14-22(25(30)21-12-7-6-8-13-21)19-37-24-16-10-9-15-23(24)31-26(37)27(39)32-29(2,3)20-38/h6-16,18,25,38H,4-5,17,19-20H2,1-3H3,(H,32,39)(H,33,34,35,36). The molecule has 2 heterocycles. The minimum atomic E-state index is -0.784. The van der Waals surface area contributed by atoms with E-state index in [1.807, 2.05) is 34.9 Å². The van der Waals surface area contributed by atoms with E-state index in [1.165, 1.54) is 0 Å². The molecule has 9 nitrogen and oxygen atoms in total. The number of benzene rings is 2. The molecule has 0 aliphatic heterocycles. The van der Waals surface area contributed by atoms with Crippen molar-refractivity contribution in [3.8, 4) is 0 Å². The number of nitrogens with one attached hydrogen (secondary N) is 2. The molecule has 5 rings (SSSR count). The van der Waals surface area contributed by atoms with Gasteiger partial charge in [0.2, 0.25) is 0 Å². The number of allylic oxidation sites excluding steroid dienone is 4. The number of carbonyl (C=O) groups excluding carboxylic acids is 1. The van der Waals surface area contributed by atoms with Crippen LogP contribution in [-0.4, -0.2) is 53.3 Å². The minimum absolute atomic E-state index is 0.0844. The van der Waals surface area contributed by atoms with E-state index in [0.29, 0.717) is 18.2 Å². The summed E-state index contributed by atoms with van der Waals surface area (Å²) in [5.74, 6) is 0.547. The Bertz CT molecular complexity index is 1490. The lowest BCUT2D eigenvalue weighted by atomic mass is 9.63. The quantitative estimate of drug-likeness (QED) is 0.281. The van der Waals surface area contributed by atoms with Gasteiger partial charge < -0.3 is 15.0 Å². The Kier molecular flexibility index (Phi) is 7.43. The van der Waals surface area contributed by atoms with Crippen LogP contribution in [0, 0.1) is 0 Å². The zero-order valence-electron chi connectivity index (χ0n) is 22.6. The monoisotopic (exact) mass is 525 g/mol. The molecule has 3 N–H and O–H groups in total. The summed E-state index contributed by atoms with van der Waals surface area (Å²) >= 11 is 0. The first-order valence-corrected chi connectivity index (χ1v) is 13.4. The van der Waals surface area contributed by atoms with E-state index in [1.54, 1.807) is 13.8 Å². The molecule has 2 aromatic heterocycles. The second kappa shape index (κ2) is 10.9. The molecular formula is C30H35N7O2. The van der Waals surface area contributed by atoms with E-state index in [-0.39, 0.29) is 18.4 Å².